The van der Waals surface area contributed by atoms with Gasteiger partial charge in [-0.15, -0.1) is 0 Å². The average Bonchev–Trinajstić information content (AvgIpc) is 3.14. The Hall–Kier alpha value is -2.15. The van der Waals surface area contributed by atoms with Gasteiger partial charge >= 0.3 is 0 Å². The lowest BCUT2D eigenvalue weighted by molar-refractivity contribution is -0.384. The molecule has 7 heteroatoms. The third-order valence-corrected chi connectivity index (χ3v) is 4.47. The molecule has 0 aliphatic carbocycles. The molecule has 1 aromatic rings. The number of nitrogens with one attached hydrogen (secondary N) is 2. The van der Waals surface area contributed by atoms with E-state index in [0.717, 1.165) is 43.9 Å². The molecule has 144 valence electrons. The van der Waals surface area contributed by atoms with Crippen molar-refractivity contribution in [2.75, 3.05) is 13.2 Å². The van der Waals surface area contributed by atoms with Crippen molar-refractivity contribution < 1.29 is 9.66 Å². The smallest absolute Gasteiger partial charge is 0.269 e. The van der Waals surface area contributed by atoms with E-state index in [-0.39, 0.29) is 17.8 Å². The van der Waals surface area contributed by atoms with E-state index in [9.17, 15) is 10.1 Å². The van der Waals surface area contributed by atoms with E-state index in [1.54, 1.807) is 12.1 Å². The number of nitro benzene ring substituents is 1. The second-order valence-electron chi connectivity index (χ2n) is 7.18. The molecule has 1 aliphatic rings. The van der Waals surface area contributed by atoms with Gasteiger partial charge < -0.3 is 15.4 Å². The van der Waals surface area contributed by atoms with E-state index in [1.165, 1.54) is 12.1 Å². The fourth-order valence-electron chi connectivity index (χ4n) is 2.83. The number of rotatable bonds is 8. The molecule has 0 amide bonds. The molecule has 0 radical (unpaired) electrons. The van der Waals surface area contributed by atoms with Crippen LogP contribution in [0.25, 0.3) is 0 Å². The molecule has 2 atom stereocenters. The van der Waals surface area contributed by atoms with E-state index in [1.807, 2.05) is 0 Å². The standard InChI is InChI=1S/C19H30N4O3/c1-14(2)10-11-20-19(22-15(3)18-5-4-12-26-18)21-13-16-6-8-17(9-7-16)23(24)25/h6-9,14-15,18H,4-5,10-13H2,1-3H3,(H2,20,21,22). The van der Waals surface area contributed by atoms with Crippen molar-refractivity contribution >= 4 is 11.6 Å². The van der Waals surface area contributed by atoms with Gasteiger partial charge in [-0.05, 0) is 37.7 Å². The van der Waals surface area contributed by atoms with Crippen LogP contribution in [0.3, 0.4) is 0 Å². The van der Waals surface area contributed by atoms with Gasteiger partial charge in [0.25, 0.3) is 5.69 Å². The van der Waals surface area contributed by atoms with Crippen LogP contribution in [0.5, 0.6) is 0 Å². The van der Waals surface area contributed by atoms with Crippen molar-refractivity contribution in [2.24, 2.45) is 10.9 Å². The molecule has 7 nitrogen and oxygen atoms in total. The number of hydrogen-bond acceptors (Lipinski definition) is 4. The maximum atomic E-state index is 10.7. The van der Waals surface area contributed by atoms with Gasteiger partial charge in [-0.3, -0.25) is 10.1 Å². The lowest BCUT2D eigenvalue weighted by atomic mass is 10.1. The van der Waals surface area contributed by atoms with Crippen LogP contribution in [0.4, 0.5) is 5.69 Å². The normalized spacial score (nSPS) is 18.8. The Morgan fingerprint density at radius 2 is 2.08 bits per heavy atom. The topological polar surface area (TPSA) is 88.8 Å². The van der Waals surface area contributed by atoms with Gasteiger partial charge in [-0.2, -0.15) is 0 Å². The van der Waals surface area contributed by atoms with Crippen LogP contribution in [0, 0.1) is 16.0 Å². The van der Waals surface area contributed by atoms with Crippen LogP contribution in [0.15, 0.2) is 29.3 Å². The van der Waals surface area contributed by atoms with Crippen LogP contribution in [-0.4, -0.2) is 36.2 Å². The molecule has 1 aliphatic heterocycles. The number of ether oxygens (including phenoxy) is 1. The molecular weight excluding hydrogens is 332 g/mol. The molecule has 2 N–H and O–H groups in total. The Morgan fingerprint density at radius 1 is 1.35 bits per heavy atom. The Labute approximate surface area is 155 Å². The van der Waals surface area contributed by atoms with Crippen molar-refractivity contribution in [1.29, 1.82) is 0 Å². The zero-order chi connectivity index (χ0) is 18.9. The van der Waals surface area contributed by atoms with Crippen molar-refractivity contribution in [2.45, 2.75) is 58.7 Å². The predicted molar refractivity (Wildman–Crippen MR) is 103 cm³/mol. The second-order valence-corrected chi connectivity index (χ2v) is 7.18. The summed E-state index contributed by atoms with van der Waals surface area (Å²) in [6, 6.07) is 6.70. The summed E-state index contributed by atoms with van der Waals surface area (Å²) in [7, 11) is 0. The Bertz CT molecular complexity index is 595. The SMILES string of the molecule is CC(C)CCNC(=NCc1ccc([N+](=O)[O-])cc1)NC(C)C1CCCO1. The number of guanidine groups is 1. The summed E-state index contributed by atoms with van der Waals surface area (Å²) >= 11 is 0. The maximum Gasteiger partial charge on any atom is 0.269 e. The van der Waals surface area contributed by atoms with Gasteiger partial charge in [0.15, 0.2) is 5.96 Å². The lowest BCUT2D eigenvalue weighted by Crippen LogP contribution is -2.47. The second kappa shape index (κ2) is 10.1. The lowest BCUT2D eigenvalue weighted by Gasteiger charge is -2.23. The van der Waals surface area contributed by atoms with Gasteiger partial charge in [-0.25, -0.2) is 4.99 Å². The molecule has 26 heavy (non-hydrogen) atoms. The molecule has 2 unspecified atom stereocenters. The van der Waals surface area contributed by atoms with E-state index < -0.39 is 4.92 Å². The Morgan fingerprint density at radius 3 is 2.65 bits per heavy atom. The molecule has 1 aromatic carbocycles. The molecule has 1 fully saturated rings. The number of nitro groups is 1. The molecule has 0 aromatic heterocycles. The Kier molecular flexibility index (Phi) is 7.84. The first kappa shape index (κ1) is 20.2. The van der Waals surface area contributed by atoms with Crippen molar-refractivity contribution in [3.63, 3.8) is 0 Å². The third-order valence-electron chi connectivity index (χ3n) is 4.47. The summed E-state index contributed by atoms with van der Waals surface area (Å²) in [5, 5.41) is 17.6. The fraction of sp³-hybridized carbons (Fsp3) is 0.632. The number of benzene rings is 1. The minimum atomic E-state index is -0.392. The summed E-state index contributed by atoms with van der Waals surface area (Å²) in [5.74, 6) is 1.38. The summed E-state index contributed by atoms with van der Waals surface area (Å²) in [6.45, 7) is 8.64. The van der Waals surface area contributed by atoms with Gasteiger partial charge in [0.1, 0.15) is 0 Å². The number of aliphatic imine (C=N–C) groups is 1. The van der Waals surface area contributed by atoms with E-state index in [0.29, 0.717) is 12.5 Å². The highest BCUT2D eigenvalue weighted by atomic mass is 16.6. The first-order valence-corrected chi connectivity index (χ1v) is 9.35. The maximum absolute atomic E-state index is 10.7. The summed E-state index contributed by atoms with van der Waals surface area (Å²) in [5.41, 5.74) is 1.03. The van der Waals surface area contributed by atoms with Crippen LogP contribution in [-0.2, 0) is 11.3 Å². The van der Waals surface area contributed by atoms with Gasteiger partial charge in [-0.1, -0.05) is 26.0 Å². The quantitative estimate of drug-likeness (QED) is 0.321. The highest BCUT2D eigenvalue weighted by Crippen LogP contribution is 2.15. The largest absolute Gasteiger partial charge is 0.376 e. The zero-order valence-corrected chi connectivity index (χ0v) is 15.9. The van der Waals surface area contributed by atoms with Crippen LogP contribution >= 0.6 is 0 Å². The predicted octanol–water partition coefficient (Wildman–Crippen LogP) is 3.24. The minimum Gasteiger partial charge on any atom is -0.376 e. The van der Waals surface area contributed by atoms with Gasteiger partial charge in [0, 0.05) is 25.3 Å². The van der Waals surface area contributed by atoms with Gasteiger partial charge in [0.05, 0.1) is 23.6 Å². The molecule has 1 saturated heterocycles. The first-order chi connectivity index (χ1) is 12.5. The molecule has 0 spiro atoms. The van der Waals surface area contributed by atoms with Crippen molar-refractivity contribution in [1.82, 2.24) is 10.6 Å². The minimum absolute atomic E-state index is 0.0955. The van der Waals surface area contributed by atoms with Crippen LogP contribution in [0.2, 0.25) is 0 Å². The van der Waals surface area contributed by atoms with E-state index in [2.05, 4.69) is 36.4 Å². The number of nitrogens with zero attached hydrogens (tertiary/aromatic N) is 2. The fourth-order valence-corrected chi connectivity index (χ4v) is 2.83. The monoisotopic (exact) mass is 362 g/mol. The highest BCUT2D eigenvalue weighted by Gasteiger charge is 2.23. The van der Waals surface area contributed by atoms with Gasteiger partial charge in [0.2, 0.25) is 0 Å². The highest BCUT2D eigenvalue weighted by molar-refractivity contribution is 5.80. The number of hydrogen-bond donors (Lipinski definition) is 2. The number of non-ortho nitro benzene ring substituents is 1. The summed E-state index contributed by atoms with van der Waals surface area (Å²) in [6.07, 6.45) is 3.45. The molecule has 1 heterocycles. The third kappa shape index (κ3) is 6.63. The Balaban J connectivity index is 1.98. The molecule has 0 saturated carbocycles. The van der Waals surface area contributed by atoms with E-state index in [4.69, 9.17) is 4.74 Å². The first-order valence-electron chi connectivity index (χ1n) is 9.35. The zero-order valence-electron chi connectivity index (χ0n) is 15.9. The average molecular weight is 362 g/mol. The summed E-state index contributed by atoms with van der Waals surface area (Å²) in [4.78, 5) is 15.0. The molecule has 0 bridgehead atoms. The van der Waals surface area contributed by atoms with Crippen LogP contribution in [0.1, 0.15) is 45.6 Å². The summed E-state index contributed by atoms with van der Waals surface area (Å²) < 4.78 is 5.75. The van der Waals surface area contributed by atoms with Crippen LogP contribution < -0.4 is 10.6 Å². The van der Waals surface area contributed by atoms with Crippen molar-refractivity contribution in [3.05, 3.63) is 39.9 Å². The molecule has 2 rings (SSSR count). The van der Waals surface area contributed by atoms with Crippen molar-refractivity contribution in [3.8, 4) is 0 Å². The van der Waals surface area contributed by atoms with E-state index >= 15 is 0 Å². The molecular formula is C19H30N4O3.